The van der Waals surface area contributed by atoms with Crippen LogP contribution in [0.5, 0.6) is 0 Å². The number of hydrogen-bond donors (Lipinski definition) is 3. The first-order valence-electron chi connectivity index (χ1n) is 10.1. The van der Waals surface area contributed by atoms with Crippen molar-refractivity contribution in [3.8, 4) is 0 Å². The van der Waals surface area contributed by atoms with Crippen molar-refractivity contribution in [2.75, 3.05) is 11.9 Å². The van der Waals surface area contributed by atoms with E-state index in [2.05, 4.69) is 10.4 Å². The molecule has 1 aromatic heterocycles. The molecule has 9 nitrogen and oxygen atoms in total. The van der Waals surface area contributed by atoms with Gasteiger partial charge in [0, 0.05) is 12.2 Å². The maximum Gasteiger partial charge on any atom is 0.273 e. The number of primary amides is 1. The molecular formula is C22H23N5O4. The lowest BCUT2D eigenvalue weighted by atomic mass is 10.1. The minimum atomic E-state index is -0.443. The quantitative estimate of drug-likeness (QED) is 0.541. The first-order chi connectivity index (χ1) is 14.9. The highest BCUT2D eigenvalue weighted by molar-refractivity contribution is 5.90. The van der Waals surface area contributed by atoms with Crippen LogP contribution in [0.1, 0.15) is 18.4 Å². The van der Waals surface area contributed by atoms with E-state index in [1.807, 2.05) is 23.1 Å². The number of hydrogen-bond acceptors (Lipinski definition) is 5. The van der Waals surface area contributed by atoms with E-state index in [1.54, 1.807) is 30.3 Å². The van der Waals surface area contributed by atoms with Gasteiger partial charge in [0.05, 0.1) is 16.8 Å². The van der Waals surface area contributed by atoms with Gasteiger partial charge in [0.2, 0.25) is 11.8 Å². The molecule has 1 aliphatic heterocycles. The van der Waals surface area contributed by atoms with E-state index in [4.69, 9.17) is 5.73 Å². The predicted molar refractivity (Wildman–Crippen MR) is 117 cm³/mol. The Labute approximate surface area is 177 Å². The average molecular weight is 421 g/mol. The van der Waals surface area contributed by atoms with Gasteiger partial charge in [-0.05, 0) is 49.2 Å². The molecule has 0 radical (unpaired) electrons. The van der Waals surface area contributed by atoms with Crippen LogP contribution in [0.3, 0.4) is 0 Å². The molecule has 4 rings (SSSR count). The van der Waals surface area contributed by atoms with Crippen molar-refractivity contribution in [2.45, 2.75) is 32.0 Å². The predicted octanol–water partition coefficient (Wildman–Crippen LogP) is 0.778. The van der Waals surface area contributed by atoms with Crippen LogP contribution < -0.4 is 22.2 Å². The fraction of sp³-hybridized carbons (Fsp3) is 0.273. The van der Waals surface area contributed by atoms with Gasteiger partial charge in [-0.15, -0.1) is 0 Å². The third-order valence-corrected chi connectivity index (χ3v) is 5.47. The van der Waals surface area contributed by atoms with E-state index < -0.39 is 17.0 Å². The molecule has 31 heavy (non-hydrogen) atoms. The number of nitrogens with one attached hydrogen (secondary N) is 2. The molecule has 1 aliphatic rings. The summed E-state index contributed by atoms with van der Waals surface area (Å²) in [6, 6.07) is 13.5. The lowest BCUT2D eigenvalue weighted by Gasteiger charge is -2.22. The van der Waals surface area contributed by atoms with Crippen molar-refractivity contribution >= 4 is 28.3 Å². The van der Waals surface area contributed by atoms with Crippen molar-refractivity contribution in [3.63, 3.8) is 0 Å². The maximum absolute atomic E-state index is 12.6. The first-order valence-corrected chi connectivity index (χ1v) is 10.1. The number of nitrogens with zero attached hydrogens (tertiary/aromatic N) is 2. The Morgan fingerprint density at radius 3 is 2.65 bits per heavy atom. The summed E-state index contributed by atoms with van der Waals surface area (Å²) in [5, 5.41) is 5.75. The van der Waals surface area contributed by atoms with Crippen LogP contribution in [0.2, 0.25) is 0 Å². The molecular weight excluding hydrogens is 398 g/mol. The van der Waals surface area contributed by atoms with Crippen LogP contribution in [-0.4, -0.2) is 39.1 Å². The fourth-order valence-corrected chi connectivity index (χ4v) is 4.02. The van der Waals surface area contributed by atoms with Gasteiger partial charge < -0.3 is 11.1 Å². The second-order valence-electron chi connectivity index (χ2n) is 7.66. The Morgan fingerprint density at radius 2 is 1.87 bits per heavy atom. The molecule has 0 spiro atoms. The molecule has 1 fully saturated rings. The largest absolute Gasteiger partial charge is 0.368 e. The second-order valence-corrected chi connectivity index (χ2v) is 7.66. The van der Waals surface area contributed by atoms with Gasteiger partial charge in [-0.2, -0.15) is 0 Å². The molecule has 4 N–H and O–H groups in total. The molecule has 1 saturated heterocycles. The van der Waals surface area contributed by atoms with E-state index in [0.717, 1.165) is 29.6 Å². The van der Waals surface area contributed by atoms with Gasteiger partial charge in [0.15, 0.2) is 0 Å². The highest BCUT2D eigenvalue weighted by Gasteiger charge is 2.28. The van der Waals surface area contributed by atoms with Crippen LogP contribution in [0.25, 0.3) is 10.8 Å². The Balaban J connectivity index is 1.47. The number of aromatic nitrogens is 2. The third-order valence-electron chi connectivity index (χ3n) is 5.47. The fourth-order valence-electron chi connectivity index (χ4n) is 4.02. The summed E-state index contributed by atoms with van der Waals surface area (Å²) in [5.41, 5.74) is 6.10. The molecule has 1 atom stereocenters. The van der Waals surface area contributed by atoms with Crippen molar-refractivity contribution in [2.24, 2.45) is 5.73 Å². The molecule has 160 valence electrons. The number of H-pyrrole nitrogens is 1. The van der Waals surface area contributed by atoms with Crippen LogP contribution in [0.15, 0.2) is 58.1 Å². The lowest BCUT2D eigenvalue weighted by Crippen LogP contribution is -2.39. The van der Waals surface area contributed by atoms with Gasteiger partial charge in [0.1, 0.15) is 6.54 Å². The molecule has 1 unspecified atom stereocenters. The van der Waals surface area contributed by atoms with Crippen molar-refractivity contribution < 1.29 is 9.59 Å². The normalized spacial score (nSPS) is 16.5. The summed E-state index contributed by atoms with van der Waals surface area (Å²) in [6.07, 6.45) is 1.67. The molecule has 2 heterocycles. The Hall–Kier alpha value is -3.72. The number of aromatic amines is 1. The van der Waals surface area contributed by atoms with Crippen molar-refractivity contribution in [3.05, 3.63) is 74.8 Å². The average Bonchev–Trinajstić information content (AvgIpc) is 3.20. The number of anilines is 1. The first kappa shape index (κ1) is 20.5. The van der Waals surface area contributed by atoms with Gasteiger partial charge in [-0.25, -0.2) is 4.68 Å². The molecule has 3 aromatic rings. The SMILES string of the molecule is NC(=O)C1CCCN1Cc1cccc(NC(=O)Cn2[nH]c(=O)c3ccccc3c2=O)c1. The topological polar surface area (TPSA) is 130 Å². The summed E-state index contributed by atoms with van der Waals surface area (Å²) in [5.74, 6) is -0.766. The van der Waals surface area contributed by atoms with Crippen LogP contribution in [-0.2, 0) is 22.7 Å². The highest BCUT2D eigenvalue weighted by atomic mass is 16.2. The summed E-state index contributed by atoms with van der Waals surface area (Å²) in [6.45, 7) is 1.02. The molecule has 0 aliphatic carbocycles. The molecule has 9 heteroatoms. The van der Waals surface area contributed by atoms with E-state index in [-0.39, 0.29) is 29.3 Å². The summed E-state index contributed by atoms with van der Waals surface area (Å²) in [7, 11) is 0. The monoisotopic (exact) mass is 421 g/mol. The molecule has 0 bridgehead atoms. The number of carbonyl (C=O) groups is 2. The standard InChI is InChI=1S/C22H23N5O4/c23-20(29)18-9-4-10-26(18)12-14-5-3-6-15(11-14)24-19(28)13-27-22(31)17-8-2-1-7-16(17)21(30)25-27/h1-3,5-8,11,18H,4,9-10,12-13H2,(H2,23,29)(H,24,28)(H,25,30). The maximum atomic E-state index is 12.6. The zero-order valence-electron chi connectivity index (χ0n) is 16.8. The van der Waals surface area contributed by atoms with Crippen molar-refractivity contribution in [1.82, 2.24) is 14.7 Å². The number of fused-ring (bicyclic) bond motifs is 1. The van der Waals surface area contributed by atoms with E-state index in [1.165, 1.54) is 0 Å². The number of nitrogens with two attached hydrogens (primary N) is 1. The van der Waals surface area contributed by atoms with Gasteiger partial charge >= 0.3 is 0 Å². The smallest absolute Gasteiger partial charge is 0.273 e. The molecule has 0 saturated carbocycles. The number of benzene rings is 2. The molecule has 2 aromatic carbocycles. The van der Waals surface area contributed by atoms with Crippen molar-refractivity contribution in [1.29, 1.82) is 0 Å². The number of likely N-dealkylation sites (tertiary alicyclic amines) is 1. The Morgan fingerprint density at radius 1 is 1.10 bits per heavy atom. The van der Waals surface area contributed by atoms with E-state index in [9.17, 15) is 19.2 Å². The van der Waals surface area contributed by atoms with E-state index >= 15 is 0 Å². The lowest BCUT2D eigenvalue weighted by molar-refractivity contribution is -0.122. The summed E-state index contributed by atoms with van der Waals surface area (Å²) in [4.78, 5) is 50.9. The van der Waals surface area contributed by atoms with E-state index in [0.29, 0.717) is 12.2 Å². The minimum Gasteiger partial charge on any atom is -0.368 e. The van der Waals surface area contributed by atoms with Gasteiger partial charge in [0.25, 0.3) is 11.1 Å². The van der Waals surface area contributed by atoms with Crippen LogP contribution in [0, 0.1) is 0 Å². The van der Waals surface area contributed by atoms with Crippen LogP contribution >= 0.6 is 0 Å². The zero-order valence-corrected chi connectivity index (χ0v) is 16.8. The number of rotatable bonds is 6. The van der Waals surface area contributed by atoms with Gasteiger partial charge in [-0.3, -0.25) is 29.2 Å². The van der Waals surface area contributed by atoms with Crippen LogP contribution in [0.4, 0.5) is 5.69 Å². The third kappa shape index (κ3) is 4.41. The zero-order chi connectivity index (χ0) is 22.0. The minimum absolute atomic E-state index is 0.260. The summed E-state index contributed by atoms with van der Waals surface area (Å²) >= 11 is 0. The highest BCUT2D eigenvalue weighted by Crippen LogP contribution is 2.21. The number of amides is 2. The Kier molecular flexibility index (Phi) is 5.68. The van der Waals surface area contributed by atoms with Gasteiger partial charge in [-0.1, -0.05) is 24.3 Å². The summed E-state index contributed by atoms with van der Waals surface area (Å²) < 4.78 is 1.01. The molecule has 2 amide bonds. The second kappa shape index (κ2) is 8.57. The number of carbonyl (C=O) groups excluding carboxylic acids is 2. The Bertz CT molecular complexity index is 1260.